The highest BCUT2D eigenvalue weighted by molar-refractivity contribution is 5.40. The Balaban J connectivity index is 2.58. The van der Waals surface area contributed by atoms with Crippen LogP contribution in [0.4, 0.5) is 0 Å². The standard InChI is InChI=1S/C25H40O2/c1-21(2,3)17-15-24(9,13-11-19(17)26)23(7,8)25(10)14-12-20(27)18(16-25)22(4,5)6/h11-12,15-16,26-27H,13-14H2,1-10H3. The van der Waals surface area contributed by atoms with Crippen LogP contribution in [-0.2, 0) is 0 Å². The molecule has 2 aliphatic carbocycles. The molecule has 2 atom stereocenters. The highest BCUT2D eigenvalue weighted by atomic mass is 16.3. The van der Waals surface area contributed by atoms with Gasteiger partial charge in [0.25, 0.3) is 0 Å². The molecule has 2 N–H and O–H groups in total. The number of rotatable bonds is 2. The third-order valence-electron chi connectivity index (χ3n) is 7.39. The summed E-state index contributed by atoms with van der Waals surface area (Å²) in [5.41, 5.74) is 1.58. The second-order valence-electron chi connectivity index (χ2n) is 11.7. The highest BCUT2D eigenvalue weighted by Gasteiger charge is 2.52. The van der Waals surface area contributed by atoms with Crippen LogP contribution in [0.2, 0.25) is 0 Å². The molecule has 0 saturated heterocycles. The topological polar surface area (TPSA) is 40.5 Å². The zero-order valence-corrected chi connectivity index (χ0v) is 19.1. The number of aliphatic hydroxyl groups is 2. The van der Waals surface area contributed by atoms with Crippen molar-refractivity contribution in [1.29, 1.82) is 0 Å². The van der Waals surface area contributed by atoms with Crippen LogP contribution in [0.25, 0.3) is 0 Å². The lowest BCUT2D eigenvalue weighted by atomic mass is 9.49. The number of allylic oxidation sites excluding steroid dienone is 6. The summed E-state index contributed by atoms with van der Waals surface area (Å²) in [6.07, 6.45) is 10.3. The van der Waals surface area contributed by atoms with Gasteiger partial charge in [-0.05, 0) is 63.2 Å². The van der Waals surface area contributed by atoms with Crippen molar-refractivity contribution in [3.63, 3.8) is 0 Å². The maximum absolute atomic E-state index is 10.5. The molecule has 0 radical (unpaired) electrons. The Morgan fingerprint density at radius 3 is 1.22 bits per heavy atom. The molecule has 0 aromatic heterocycles. The van der Waals surface area contributed by atoms with Gasteiger partial charge in [0.1, 0.15) is 11.5 Å². The molecule has 0 aromatic carbocycles. The average molecular weight is 373 g/mol. The van der Waals surface area contributed by atoms with Crippen molar-refractivity contribution in [3.8, 4) is 0 Å². The lowest BCUT2D eigenvalue weighted by Crippen LogP contribution is -2.47. The van der Waals surface area contributed by atoms with Crippen molar-refractivity contribution in [2.45, 2.75) is 82.1 Å². The van der Waals surface area contributed by atoms with E-state index >= 15 is 0 Å². The van der Waals surface area contributed by atoms with Crippen molar-refractivity contribution >= 4 is 0 Å². The molecule has 0 spiro atoms. The molecule has 0 heterocycles. The van der Waals surface area contributed by atoms with E-state index in [1.807, 2.05) is 12.2 Å². The third-order valence-corrected chi connectivity index (χ3v) is 7.39. The minimum absolute atomic E-state index is 0.0819. The molecule has 0 bridgehead atoms. The van der Waals surface area contributed by atoms with Gasteiger partial charge in [-0.15, -0.1) is 0 Å². The normalized spacial score (nSPS) is 30.3. The molecule has 0 saturated carbocycles. The Bertz CT molecular complexity index is 669. The van der Waals surface area contributed by atoms with E-state index in [4.69, 9.17) is 0 Å². The monoisotopic (exact) mass is 372 g/mol. The number of hydrogen-bond acceptors (Lipinski definition) is 2. The second-order valence-corrected chi connectivity index (χ2v) is 11.7. The first-order chi connectivity index (χ1) is 11.9. The van der Waals surface area contributed by atoms with Gasteiger partial charge < -0.3 is 10.2 Å². The lowest BCUT2D eigenvalue weighted by Gasteiger charge is -2.55. The van der Waals surface area contributed by atoms with Crippen molar-refractivity contribution in [2.24, 2.45) is 27.1 Å². The average Bonchev–Trinajstić information content (AvgIpc) is 2.50. The van der Waals surface area contributed by atoms with Crippen LogP contribution in [0.3, 0.4) is 0 Å². The summed E-state index contributed by atoms with van der Waals surface area (Å²) < 4.78 is 0. The van der Waals surface area contributed by atoms with Gasteiger partial charge in [-0.1, -0.05) is 81.4 Å². The summed E-state index contributed by atoms with van der Waals surface area (Å²) in [6, 6.07) is 0. The van der Waals surface area contributed by atoms with Crippen LogP contribution >= 0.6 is 0 Å². The molecular formula is C25H40O2. The van der Waals surface area contributed by atoms with Gasteiger partial charge in [-0.2, -0.15) is 0 Å². The molecule has 0 fully saturated rings. The Kier molecular flexibility index (Phi) is 5.09. The van der Waals surface area contributed by atoms with Crippen LogP contribution in [0.15, 0.2) is 47.0 Å². The van der Waals surface area contributed by atoms with Gasteiger partial charge in [0.05, 0.1) is 0 Å². The smallest absolute Gasteiger partial charge is 0.115 e. The quantitative estimate of drug-likeness (QED) is 0.522. The first-order valence-corrected chi connectivity index (χ1v) is 10.2. The van der Waals surface area contributed by atoms with Crippen molar-refractivity contribution in [3.05, 3.63) is 47.0 Å². The van der Waals surface area contributed by atoms with Crippen LogP contribution in [0.1, 0.15) is 82.1 Å². The molecule has 0 aromatic rings. The summed E-state index contributed by atoms with van der Waals surface area (Å²) in [6.45, 7) is 22.2. The van der Waals surface area contributed by atoms with Crippen LogP contribution < -0.4 is 0 Å². The summed E-state index contributed by atoms with van der Waals surface area (Å²) in [4.78, 5) is 0. The minimum atomic E-state index is -0.101. The van der Waals surface area contributed by atoms with E-state index in [1.54, 1.807) is 0 Å². The highest BCUT2D eigenvalue weighted by Crippen LogP contribution is 2.61. The van der Waals surface area contributed by atoms with Crippen molar-refractivity contribution in [1.82, 2.24) is 0 Å². The Morgan fingerprint density at radius 2 is 0.963 bits per heavy atom. The molecule has 2 unspecified atom stereocenters. The van der Waals surface area contributed by atoms with Gasteiger partial charge in [-0.25, -0.2) is 0 Å². The zero-order valence-electron chi connectivity index (χ0n) is 19.1. The maximum Gasteiger partial charge on any atom is 0.115 e. The summed E-state index contributed by atoms with van der Waals surface area (Å²) in [5.74, 6) is 0.848. The first-order valence-electron chi connectivity index (χ1n) is 10.2. The Morgan fingerprint density at radius 1 is 0.667 bits per heavy atom. The van der Waals surface area contributed by atoms with E-state index < -0.39 is 0 Å². The van der Waals surface area contributed by atoms with Crippen LogP contribution in [-0.4, -0.2) is 10.2 Å². The number of hydrogen-bond donors (Lipinski definition) is 2. The SMILES string of the molecule is CC(C)(C)C1=CC(C)(C(C)(C)C2(C)C=C(C(C)(C)C)C(O)=CC2)CC=C1O. The summed E-state index contributed by atoms with van der Waals surface area (Å²) in [5, 5.41) is 21.0. The van der Waals surface area contributed by atoms with E-state index in [0.29, 0.717) is 11.5 Å². The van der Waals surface area contributed by atoms with E-state index in [0.717, 1.165) is 24.0 Å². The predicted molar refractivity (Wildman–Crippen MR) is 116 cm³/mol. The van der Waals surface area contributed by atoms with Crippen molar-refractivity contribution in [2.75, 3.05) is 0 Å². The maximum atomic E-state index is 10.5. The molecule has 2 heteroatoms. The molecule has 0 amide bonds. The van der Waals surface area contributed by atoms with Crippen LogP contribution in [0, 0.1) is 27.1 Å². The number of aliphatic hydroxyl groups excluding tert-OH is 2. The second kappa shape index (κ2) is 6.29. The van der Waals surface area contributed by atoms with Gasteiger partial charge in [0, 0.05) is 0 Å². The lowest BCUT2D eigenvalue weighted by molar-refractivity contribution is 0.0179. The van der Waals surface area contributed by atoms with E-state index in [1.165, 1.54) is 0 Å². The molecule has 2 nitrogen and oxygen atoms in total. The van der Waals surface area contributed by atoms with Gasteiger partial charge in [0.15, 0.2) is 0 Å². The molecule has 0 aliphatic heterocycles. The van der Waals surface area contributed by atoms with Gasteiger partial charge in [-0.3, -0.25) is 0 Å². The Hall–Kier alpha value is -1.44. The van der Waals surface area contributed by atoms with Crippen LogP contribution in [0.5, 0.6) is 0 Å². The largest absolute Gasteiger partial charge is 0.508 e. The minimum Gasteiger partial charge on any atom is -0.508 e. The van der Waals surface area contributed by atoms with E-state index in [9.17, 15) is 10.2 Å². The predicted octanol–water partition coefficient (Wildman–Crippen LogP) is 7.66. The molecule has 152 valence electrons. The molecule has 2 aliphatic rings. The fourth-order valence-corrected chi connectivity index (χ4v) is 4.47. The fraction of sp³-hybridized carbons (Fsp3) is 0.680. The molecular weight excluding hydrogens is 332 g/mol. The zero-order chi connectivity index (χ0) is 21.1. The Labute approximate surface area is 166 Å². The molecule has 27 heavy (non-hydrogen) atoms. The molecule has 2 rings (SSSR count). The van der Waals surface area contributed by atoms with E-state index in [2.05, 4.69) is 81.4 Å². The summed E-state index contributed by atoms with van der Waals surface area (Å²) >= 11 is 0. The van der Waals surface area contributed by atoms with E-state index in [-0.39, 0.29) is 27.1 Å². The van der Waals surface area contributed by atoms with Crippen molar-refractivity contribution < 1.29 is 10.2 Å². The third kappa shape index (κ3) is 3.65. The van der Waals surface area contributed by atoms with Gasteiger partial charge >= 0.3 is 0 Å². The first kappa shape index (κ1) is 21.9. The van der Waals surface area contributed by atoms with Gasteiger partial charge in [0.2, 0.25) is 0 Å². The fourth-order valence-electron chi connectivity index (χ4n) is 4.47. The summed E-state index contributed by atoms with van der Waals surface area (Å²) in [7, 11) is 0.